The van der Waals surface area contributed by atoms with Gasteiger partial charge in [-0.05, 0) is 13.1 Å². The summed E-state index contributed by atoms with van der Waals surface area (Å²) in [6.45, 7) is 0. The van der Waals surface area contributed by atoms with Crippen molar-refractivity contribution in [3.63, 3.8) is 0 Å². The van der Waals surface area contributed by atoms with E-state index >= 15 is 0 Å². The Hall–Kier alpha value is -1.75. The summed E-state index contributed by atoms with van der Waals surface area (Å²) in [5.41, 5.74) is 0.775. The Bertz CT molecular complexity index is 392. The zero-order valence-electron chi connectivity index (χ0n) is 10.2. The summed E-state index contributed by atoms with van der Waals surface area (Å²) in [5, 5.41) is 11.8. The molecule has 1 aromatic rings. The van der Waals surface area contributed by atoms with Crippen molar-refractivity contribution in [1.82, 2.24) is 5.32 Å². The molecule has 0 aliphatic carbocycles. The van der Waals surface area contributed by atoms with Crippen LogP contribution in [-0.2, 0) is 4.79 Å². The lowest BCUT2D eigenvalue weighted by molar-refractivity contribution is -0.137. The molecule has 1 unspecified atom stereocenters. The molecule has 0 heterocycles. The lowest BCUT2D eigenvalue weighted by atomic mass is 10.0. The average molecular weight is 239 g/mol. The fourth-order valence-corrected chi connectivity index (χ4v) is 1.73. The van der Waals surface area contributed by atoms with Gasteiger partial charge in [-0.15, -0.1) is 0 Å². The number of carbonyl (C=O) groups is 1. The molecule has 94 valence electrons. The number of carboxylic acids is 1. The first kappa shape index (κ1) is 13.3. The standard InChI is InChI=1S/C12H17NO4/c1-13-9(7-11(14)15)8-5-4-6-10(16-2)12(8)17-3/h4-6,9,13H,7H2,1-3H3,(H,14,15). The third-order valence-corrected chi connectivity index (χ3v) is 2.54. The number of hydrogen-bond donors (Lipinski definition) is 2. The van der Waals surface area contributed by atoms with Gasteiger partial charge in [-0.1, -0.05) is 12.1 Å². The number of carboxylic acid groups (broad SMARTS) is 1. The Morgan fingerprint density at radius 3 is 2.59 bits per heavy atom. The van der Waals surface area contributed by atoms with E-state index in [2.05, 4.69) is 5.32 Å². The molecule has 0 spiro atoms. The summed E-state index contributed by atoms with van der Waals surface area (Å²) in [4.78, 5) is 10.8. The van der Waals surface area contributed by atoms with E-state index in [9.17, 15) is 4.79 Å². The van der Waals surface area contributed by atoms with Gasteiger partial charge in [-0.3, -0.25) is 4.79 Å². The molecule has 0 aliphatic rings. The van der Waals surface area contributed by atoms with Crippen LogP contribution in [0.4, 0.5) is 0 Å². The second-order valence-electron chi connectivity index (χ2n) is 3.52. The van der Waals surface area contributed by atoms with Crippen LogP contribution in [0.25, 0.3) is 0 Å². The molecule has 5 heteroatoms. The van der Waals surface area contributed by atoms with Crippen LogP contribution in [-0.4, -0.2) is 32.3 Å². The highest BCUT2D eigenvalue weighted by atomic mass is 16.5. The lowest BCUT2D eigenvalue weighted by Crippen LogP contribution is -2.20. The van der Waals surface area contributed by atoms with E-state index in [0.717, 1.165) is 5.56 Å². The molecule has 0 radical (unpaired) electrons. The molecular formula is C12H17NO4. The number of rotatable bonds is 6. The number of ether oxygens (including phenoxy) is 2. The average Bonchev–Trinajstić information content (AvgIpc) is 2.34. The smallest absolute Gasteiger partial charge is 0.305 e. The number of benzene rings is 1. The molecular weight excluding hydrogens is 222 g/mol. The second kappa shape index (κ2) is 6.10. The Morgan fingerprint density at radius 1 is 1.41 bits per heavy atom. The third kappa shape index (κ3) is 3.10. The molecule has 0 fully saturated rings. The van der Waals surface area contributed by atoms with Crippen molar-refractivity contribution < 1.29 is 19.4 Å². The Kier molecular flexibility index (Phi) is 4.78. The topological polar surface area (TPSA) is 67.8 Å². The van der Waals surface area contributed by atoms with Crippen molar-refractivity contribution in [3.05, 3.63) is 23.8 Å². The molecule has 0 aliphatic heterocycles. The summed E-state index contributed by atoms with van der Waals surface area (Å²) in [7, 11) is 4.80. The van der Waals surface area contributed by atoms with E-state index in [0.29, 0.717) is 11.5 Å². The van der Waals surface area contributed by atoms with Gasteiger partial charge in [0.2, 0.25) is 0 Å². The highest BCUT2D eigenvalue weighted by Gasteiger charge is 2.19. The summed E-state index contributed by atoms with van der Waals surface area (Å²) >= 11 is 0. The first-order valence-electron chi connectivity index (χ1n) is 5.24. The minimum Gasteiger partial charge on any atom is -0.493 e. The van der Waals surface area contributed by atoms with Gasteiger partial charge in [0.05, 0.1) is 20.6 Å². The molecule has 0 saturated carbocycles. The van der Waals surface area contributed by atoms with E-state index in [1.54, 1.807) is 20.2 Å². The van der Waals surface area contributed by atoms with Crippen LogP contribution < -0.4 is 14.8 Å². The van der Waals surface area contributed by atoms with Crippen LogP contribution >= 0.6 is 0 Å². The van der Waals surface area contributed by atoms with E-state index in [4.69, 9.17) is 14.6 Å². The summed E-state index contributed by atoms with van der Waals surface area (Å²) < 4.78 is 10.5. The van der Waals surface area contributed by atoms with Crippen LogP contribution in [0.15, 0.2) is 18.2 Å². The number of nitrogens with one attached hydrogen (secondary N) is 1. The van der Waals surface area contributed by atoms with Gasteiger partial charge in [-0.25, -0.2) is 0 Å². The summed E-state index contributed by atoms with van der Waals surface area (Å²) in [6.07, 6.45) is -0.0139. The van der Waals surface area contributed by atoms with Crippen LogP contribution in [0.2, 0.25) is 0 Å². The molecule has 17 heavy (non-hydrogen) atoms. The lowest BCUT2D eigenvalue weighted by Gasteiger charge is -2.19. The second-order valence-corrected chi connectivity index (χ2v) is 3.52. The normalized spacial score (nSPS) is 11.9. The van der Waals surface area contributed by atoms with Gasteiger partial charge in [0.25, 0.3) is 0 Å². The van der Waals surface area contributed by atoms with Gasteiger partial charge in [0, 0.05) is 11.6 Å². The molecule has 1 aromatic carbocycles. The van der Waals surface area contributed by atoms with E-state index < -0.39 is 5.97 Å². The van der Waals surface area contributed by atoms with E-state index in [-0.39, 0.29) is 12.5 Å². The quantitative estimate of drug-likeness (QED) is 0.786. The van der Waals surface area contributed by atoms with Gasteiger partial charge >= 0.3 is 5.97 Å². The zero-order chi connectivity index (χ0) is 12.8. The SMILES string of the molecule is CNC(CC(=O)O)c1cccc(OC)c1OC. The van der Waals surface area contributed by atoms with Gasteiger partial charge in [0.1, 0.15) is 0 Å². The monoisotopic (exact) mass is 239 g/mol. The van der Waals surface area contributed by atoms with Crippen molar-refractivity contribution >= 4 is 5.97 Å². The fourth-order valence-electron chi connectivity index (χ4n) is 1.73. The van der Waals surface area contributed by atoms with Gasteiger partial charge in [-0.2, -0.15) is 0 Å². The van der Waals surface area contributed by atoms with Crippen LogP contribution in [0.1, 0.15) is 18.0 Å². The van der Waals surface area contributed by atoms with Crippen LogP contribution in [0.5, 0.6) is 11.5 Å². The first-order chi connectivity index (χ1) is 8.13. The van der Waals surface area contributed by atoms with Crippen molar-refractivity contribution in [3.8, 4) is 11.5 Å². The van der Waals surface area contributed by atoms with Crippen molar-refractivity contribution in [2.75, 3.05) is 21.3 Å². The number of hydrogen-bond acceptors (Lipinski definition) is 4. The number of aliphatic carboxylic acids is 1. The highest BCUT2D eigenvalue weighted by molar-refractivity contribution is 5.68. The summed E-state index contributed by atoms with van der Waals surface area (Å²) in [6, 6.07) is 5.10. The first-order valence-corrected chi connectivity index (χ1v) is 5.24. The Balaban J connectivity index is 3.13. The predicted molar refractivity (Wildman–Crippen MR) is 63.6 cm³/mol. The maximum atomic E-state index is 10.8. The third-order valence-electron chi connectivity index (χ3n) is 2.54. The molecule has 2 N–H and O–H groups in total. The van der Waals surface area contributed by atoms with E-state index in [1.165, 1.54) is 7.11 Å². The Labute approximate surface area is 100 Å². The molecule has 0 bridgehead atoms. The zero-order valence-corrected chi connectivity index (χ0v) is 10.2. The molecule has 0 saturated heterocycles. The van der Waals surface area contributed by atoms with Crippen molar-refractivity contribution in [2.45, 2.75) is 12.5 Å². The number of methoxy groups -OCH3 is 2. The summed E-state index contributed by atoms with van der Waals surface area (Å²) in [5.74, 6) is 0.292. The minimum absolute atomic E-state index is 0.0139. The largest absolute Gasteiger partial charge is 0.493 e. The van der Waals surface area contributed by atoms with Crippen LogP contribution in [0.3, 0.4) is 0 Å². The van der Waals surface area contributed by atoms with E-state index in [1.807, 2.05) is 12.1 Å². The van der Waals surface area contributed by atoms with Crippen LogP contribution in [0, 0.1) is 0 Å². The number of para-hydroxylation sites is 1. The maximum Gasteiger partial charge on any atom is 0.305 e. The van der Waals surface area contributed by atoms with Crippen molar-refractivity contribution in [2.24, 2.45) is 0 Å². The molecule has 0 amide bonds. The van der Waals surface area contributed by atoms with Gasteiger partial charge < -0.3 is 19.9 Å². The molecule has 1 rings (SSSR count). The Morgan fingerprint density at radius 2 is 2.12 bits per heavy atom. The van der Waals surface area contributed by atoms with Gasteiger partial charge in [0.15, 0.2) is 11.5 Å². The maximum absolute atomic E-state index is 10.8. The minimum atomic E-state index is -0.866. The molecule has 5 nitrogen and oxygen atoms in total. The van der Waals surface area contributed by atoms with Crippen molar-refractivity contribution in [1.29, 1.82) is 0 Å². The fraction of sp³-hybridized carbons (Fsp3) is 0.417. The molecule has 0 aromatic heterocycles. The highest BCUT2D eigenvalue weighted by Crippen LogP contribution is 2.35. The molecule has 1 atom stereocenters. The predicted octanol–water partition coefficient (Wildman–Crippen LogP) is 1.44.